The summed E-state index contributed by atoms with van der Waals surface area (Å²) in [5, 5.41) is 26.1. The number of guanidine groups is 1. The van der Waals surface area contributed by atoms with E-state index in [1.54, 1.807) is 18.2 Å². The molecule has 2 rings (SSSR count). The summed E-state index contributed by atoms with van der Waals surface area (Å²) < 4.78 is 0. The fourth-order valence-corrected chi connectivity index (χ4v) is 4.05. The van der Waals surface area contributed by atoms with Gasteiger partial charge in [0, 0.05) is 25.6 Å². The number of nitrogens with two attached hydrogens (primary N) is 1. The molecule has 0 saturated carbocycles. The van der Waals surface area contributed by atoms with Crippen LogP contribution >= 0.6 is 0 Å². The van der Waals surface area contributed by atoms with Gasteiger partial charge in [-0.2, -0.15) is 0 Å². The predicted molar refractivity (Wildman–Crippen MR) is 135 cm³/mol. The van der Waals surface area contributed by atoms with Crippen molar-refractivity contribution in [2.24, 2.45) is 5.73 Å². The van der Waals surface area contributed by atoms with Gasteiger partial charge in [-0.15, -0.1) is 0 Å². The summed E-state index contributed by atoms with van der Waals surface area (Å²) in [6.45, 7) is 1.78. The van der Waals surface area contributed by atoms with Crippen LogP contribution in [0.15, 0.2) is 30.3 Å². The second-order valence-corrected chi connectivity index (χ2v) is 8.77. The minimum Gasteiger partial charge on any atom is -0.481 e. The molecule has 1 heterocycles. The Morgan fingerprint density at radius 1 is 1.11 bits per heavy atom. The number of benzene rings is 1. The summed E-state index contributed by atoms with van der Waals surface area (Å²) in [5.74, 6) is -5.04. The lowest BCUT2D eigenvalue weighted by atomic mass is 10.1. The third-order valence-corrected chi connectivity index (χ3v) is 5.78. The van der Waals surface area contributed by atoms with Crippen LogP contribution in [0.3, 0.4) is 0 Å². The smallest absolute Gasteiger partial charge is 0.305 e. The molecule has 1 saturated heterocycles. The van der Waals surface area contributed by atoms with Crippen LogP contribution in [0.4, 0.5) is 0 Å². The fraction of sp³-hybridized carbons (Fsp3) is 0.458. The Balaban J connectivity index is 2.09. The van der Waals surface area contributed by atoms with Crippen LogP contribution < -0.4 is 27.0 Å². The second-order valence-electron chi connectivity index (χ2n) is 8.77. The van der Waals surface area contributed by atoms with Gasteiger partial charge in [0.15, 0.2) is 5.96 Å². The summed E-state index contributed by atoms with van der Waals surface area (Å²) in [7, 11) is 0. The van der Waals surface area contributed by atoms with Crippen LogP contribution in [0.25, 0.3) is 0 Å². The van der Waals surface area contributed by atoms with Crippen LogP contribution in [0.1, 0.15) is 49.4 Å². The standard InChI is InChI=1S/C24H33N7O7/c1-14(32)28-16(9-5-11-27-24(25)26)23(38)31-12-6-10-18(31)22(37)29-17(13-19(33)34)21(36)30-20(35)15-7-3-2-4-8-15/h2-4,7-8,16-18H,5-6,9-13H2,1H3,(H,28,32)(H,29,37)(H,33,34)(H4,25,26,27)(H,30,35,36)/t16-,17-,18-/m0/s1. The molecule has 5 amide bonds. The molecule has 0 unspecified atom stereocenters. The Morgan fingerprint density at radius 2 is 1.79 bits per heavy atom. The van der Waals surface area contributed by atoms with Crippen molar-refractivity contribution in [1.82, 2.24) is 26.2 Å². The molecule has 0 aromatic heterocycles. The van der Waals surface area contributed by atoms with Crippen molar-refractivity contribution < 1.29 is 33.9 Å². The van der Waals surface area contributed by atoms with Gasteiger partial charge >= 0.3 is 5.97 Å². The Bertz CT molecular complexity index is 1060. The third-order valence-electron chi connectivity index (χ3n) is 5.78. The number of carboxylic acid groups (broad SMARTS) is 1. The molecule has 1 aromatic rings. The SMILES string of the molecule is CC(=O)N[C@@H](CCCNC(=N)N)C(=O)N1CCC[C@H]1C(=O)N[C@@H](CC(=O)O)C(=O)NC(=O)c1ccccc1. The second kappa shape index (κ2) is 14.3. The van der Waals surface area contributed by atoms with Gasteiger partial charge in [0.25, 0.3) is 5.91 Å². The first-order valence-corrected chi connectivity index (χ1v) is 12.1. The number of aliphatic carboxylic acids is 1. The summed E-state index contributed by atoms with van der Waals surface area (Å²) in [6.07, 6.45) is 0.579. The number of hydrogen-bond donors (Lipinski definition) is 7. The van der Waals surface area contributed by atoms with Gasteiger partial charge in [-0.05, 0) is 37.8 Å². The number of carbonyl (C=O) groups is 6. The van der Waals surface area contributed by atoms with Crippen LogP contribution in [0.2, 0.25) is 0 Å². The van der Waals surface area contributed by atoms with Crippen LogP contribution in [0.5, 0.6) is 0 Å². The van der Waals surface area contributed by atoms with Gasteiger partial charge in [-0.25, -0.2) is 0 Å². The maximum absolute atomic E-state index is 13.2. The van der Waals surface area contributed by atoms with Crippen molar-refractivity contribution in [2.45, 2.75) is 57.2 Å². The van der Waals surface area contributed by atoms with E-state index in [-0.39, 0.29) is 30.9 Å². The molecule has 1 aromatic carbocycles. The van der Waals surface area contributed by atoms with Gasteiger partial charge in [0.2, 0.25) is 23.6 Å². The Labute approximate surface area is 219 Å². The summed E-state index contributed by atoms with van der Waals surface area (Å²) in [4.78, 5) is 75.7. The van der Waals surface area contributed by atoms with Crippen molar-refractivity contribution >= 4 is 41.5 Å². The number of hydrogen-bond acceptors (Lipinski definition) is 7. The molecule has 0 aliphatic carbocycles. The number of likely N-dealkylation sites (tertiary alicyclic amines) is 1. The average molecular weight is 532 g/mol. The highest BCUT2D eigenvalue weighted by Crippen LogP contribution is 2.20. The van der Waals surface area contributed by atoms with Crippen molar-refractivity contribution in [3.8, 4) is 0 Å². The van der Waals surface area contributed by atoms with Crippen LogP contribution in [0, 0.1) is 5.41 Å². The predicted octanol–water partition coefficient (Wildman–Crippen LogP) is -1.34. The first kappa shape index (κ1) is 29.7. The number of rotatable bonds is 12. The lowest BCUT2D eigenvalue weighted by molar-refractivity contribution is -0.143. The molecule has 14 heteroatoms. The maximum Gasteiger partial charge on any atom is 0.305 e. The third kappa shape index (κ3) is 9.19. The minimum atomic E-state index is -1.56. The molecule has 0 bridgehead atoms. The lowest BCUT2D eigenvalue weighted by Gasteiger charge is -2.29. The van der Waals surface area contributed by atoms with Crippen molar-refractivity contribution in [3.63, 3.8) is 0 Å². The largest absolute Gasteiger partial charge is 0.481 e. The van der Waals surface area contributed by atoms with Gasteiger partial charge in [-0.1, -0.05) is 18.2 Å². The number of nitrogens with zero attached hydrogens (tertiary/aromatic N) is 1. The number of carbonyl (C=O) groups excluding carboxylic acids is 5. The van der Waals surface area contributed by atoms with E-state index in [0.717, 1.165) is 0 Å². The quantitative estimate of drug-likeness (QED) is 0.0961. The molecule has 1 aliphatic rings. The molecule has 1 fully saturated rings. The summed E-state index contributed by atoms with van der Waals surface area (Å²) >= 11 is 0. The van der Waals surface area contributed by atoms with E-state index in [1.807, 2.05) is 0 Å². The fourth-order valence-electron chi connectivity index (χ4n) is 4.05. The van der Waals surface area contributed by atoms with E-state index >= 15 is 0 Å². The van der Waals surface area contributed by atoms with E-state index in [0.29, 0.717) is 19.4 Å². The normalized spacial score (nSPS) is 16.0. The van der Waals surface area contributed by atoms with Gasteiger partial charge < -0.3 is 31.7 Å². The number of carboxylic acids is 1. The first-order chi connectivity index (χ1) is 18.0. The molecular formula is C24H33N7O7. The van der Waals surface area contributed by atoms with E-state index in [9.17, 15) is 33.9 Å². The van der Waals surface area contributed by atoms with Gasteiger partial charge in [0.1, 0.15) is 18.1 Å². The van der Waals surface area contributed by atoms with E-state index in [2.05, 4.69) is 21.3 Å². The van der Waals surface area contributed by atoms with Crippen molar-refractivity contribution in [1.29, 1.82) is 5.41 Å². The van der Waals surface area contributed by atoms with Crippen molar-refractivity contribution in [2.75, 3.05) is 13.1 Å². The lowest BCUT2D eigenvalue weighted by Crippen LogP contribution is -2.56. The first-order valence-electron chi connectivity index (χ1n) is 12.1. The topological polar surface area (TPSA) is 224 Å². The molecule has 0 radical (unpaired) electrons. The van der Waals surface area contributed by atoms with Crippen LogP contribution in [-0.4, -0.2) is 82.7 Å². The molecule has 1 aliphatic heterocycles. The zero-order valence-electron chi connectivity index (χ0n) is 21.0. The highest BCUT2D eigenvalue weighted by Gasteiger charge is 2.39. The summed E-state index contributed by atoms with van der Waals surface area (Å²) in [5.41, 5.74) is 5.42. The zero-order chi connectivity index (χ0) is 28.2. The van der Waals surface area contributed by atoms with Crippen LogP contribution in [-0.2, 0) is 24.0 Å². The molecule has 8 N–H and O–H groups in total. The van der Waals surface area contributed by atoms with E-state index < -0.39 is 60.1 Å². The number of amides is 5. The molecule has 3 atom stereocenters. The van der Waals surface area contributed by atoms with E-state index in [1.165, 1.54) is 24.0 Å². The average Bonchev–Trinajstić information content (AvgIpc) is 3.35. The Kier molecular flexibility index (Phi) is 11.2. The molecule has 206 valence electrons. The molecule has 14 nitrogen and oxygen atoms in total. The molecule has 0 spiro atoms. The highest BCUT2D eigenvalue weighted by atomic mass is 16.4. The Hall–Kier alpha value is -4.49. The number of nitrogens with one attached hydrogen (secondary N) is 5. The van der Waals surface area contributed by atoms with E-state index in [4.69, 9.17) is 11.1 Å². The number of imide groups is 1. The highest BCUT2D eigenvalue weighted by molar-refractivity contribution is 6.07. The maximum atomic E-state index is 13.2. The molecule has 38 heavy (non-hydrogen) atoms. The van der Waals surface area contributed by atoms with Crippen molar-refractivity contribution in [3.05, 3.63) is 35.9 Å². The Morgan fingerprint density at radius 3 is 2.39 bits per heavy atom. The minimum absolute atomic E-state index is 0.177. The van der Waals surface area contributed by atoms with Gasteiger partial charge in [0.05, 0.1) is 6.42 Å². The summed E-state index contributed by atoms with van der Waals surface area (Å²) in [6, 6.07) is 4.31. The monoisotopic (exact) mass is 531 g/mol. The van der Waals surface area contributed by atoms with Gasteiger partial charge in [-0.3, -0.25) is 39.5 Å². The molecular weight excluding hydrogens is 498 g/mol. The zero-order valence-corrected chi connectivity index (χ0v) is 21.0.